The molecule has 0 aliphatic rings. The lowest BCUT2D eigenvalue weighted by Crippen LogP contribution is -1.96. The monoisotopic (exact) mass is 611 g/mol. The van der Waals surface area contributed by atoms with Gasteiger partial charge in [-0.15, -0.1) is 0 Å². The van der Waals surface area contributed by atoms with Crippen LogP contribution in [0.25, 0.3) is 88.5 Å². The second-order valence-electron chi connectivity index (χ2n) is 12.1. The van der Waals surface area contributed by atoms with Crippen LogP contribution in [0, 0.1) is 0 Å². The molecule has 0 bridgehead atoms. The molecule has 48 heavy (non-hydrogen) atoms. The van der Waals surface area contributed by atoms with Crippen molar-refractivity contribution in [2.45, 2.75) is 0 Å². The highest BCUT2D eigenvalue weighted by Crippen LogP contribution is 2.39. The highest BCUT2D eigenvalue weighted by molar-refractivity contribution is 6.23. The van der Waals surface area contributed by atoms with Crippen LogP contribution in [0.2, 0.25) is 0 Å². The standard InChI is InChI=1S/C45H29N3/c1-2-10-33(11-3-1)42-28-43(48-45(47-42)35-23-16-30(17-24-35)37-12-8-26-46-29-37)34-21-18-32(19-22-34)41-27-36-25-20-31-9-4-5-13-38(31)44(36)40-15-7-6-14-39(40)41/h1-29H. The maximum Gasteiger partial charge on any atom is 0.160 e. The molecular weight excluding hydrogens is 583 g/mol. The van der Waals surface area contributed by atoms with Crippen molar-refractivity contribution >= 4 is 32.3 Å². The summed E-state index contributed by atoms with van der Waals surface area (Å²) in [5.41, 5.74) is 9.43. The predicted octanol–water partition coefficient (Wildman–Crippen LogP) is 11.7. The first-order valence-corrected chi connectivity index (χ1v) is 16.2. The van der Waals surface area contributed by atoms with E-state index in [-0.39, 0.29) is 0 Å². The third-order valence-electron chi connectivity index (χ3n) is 9.17. The van der Waals surface area contributed by atoms with Gasteiger partial charge in [-0.05, 0) is 72.8 Å². The number of hydrogen-bond acceptors (Lipinski definition) is 3. The number of hydrogen-bond donors (Lipinski definition) is 0. The number of benzene rings is 7. The summed E-state index contributed by atoms with van der Waals surface area (Å²) in [5.74, 6) is 0.695. The second-order valence-corrected chi connectivity index (χ2v) is 12.1. The van der Waals surface area contributed by atoms with Crippen molar-refractivity contribution < 1.29 is 0 Å². The van der Waals surface area contributed by atoms with E-state index in [0.29, 0.717) is 5.82 Å². The molecule has 0 fully saturated rings. The van der Waals surface area contributed by atoms with E-state index in [1.54, 1.807) is 6.20 Å². The van der Waals surface area contributed by atoms with E-state index in [1.165, 1.54) is 43.4 Å². The van der Waals surface area contributed by atoms with Crippen molar-refractivity contribution in [3.63, 3.8) is 0 Å². The highest BCUT2D eigenvalue weighted by atomic mass is 14.9. The molecule has 0 aliphatic carbocycles. The van der Waals surface area contributed by atoms with Crippen LogP contribution in [0.4, 0.5) is 0 Å². The fourth-order valence-electron chi connectivity index (χ4n) is 6.76. The van der Waals surface area contributed by atoms with Crippen LogP contribution < -0.4 is 0 Å². The Balaban J connectivity index is 1.14. The molecule has 0 atom stereocenters. The molecule has 3 heteroatoms. The lowest BCUT2D eigenvalue weighted by molar-refractivity contribution is 1.18. The molecule has 0 N–H and O–H groups in total. The van der Waals surface area contributed by atoms with Gasteiger partial charge in [0.25, 0.3) is 0 Å². The molecule has 2 aromatic heterocycles. The summed E-state index contributed by atoms with van der Waals surface area (Å²) >= 11 is 0. The normalized spacial score (nSPS) is 11.3. The van der Waals surface area contributed by atoms with Crippen molar-refractivity contribution in [3.05, 3.63) is 176 Å². The largest absolute Gasteiger partial charge is 0.264 e. The first-order valence-electron chi connectivity index (χ1n) is 16.2. The molecule has 0 unspecified atom stereocenters. The smallest absolute Gasteiger partial charge is 0.160 e. The summed E-state index contributed by atoms with van der Waals surface area (Å²) in [6, 6.07) is 57.9. The third-order valence-corrected chi connectivity index (χ3v) is 9.17. The highest BCUT2D eigenvalue weighted by Gasteiger charge is 2.14. The lowest BCUT2D eigenvalue weighted by atomic mass is 9.90. The molecule has 9 aromatic rings. The topological polar surface area (TPSA) is 38.7 Å². The van der Waals surface area contributed by atoms with Gasteiger partial charge in [0.2, 0.25) is 0 Å². The van der Waals surface area contributed by atoms with Crippen LogP contribution in [0.5, 0.6) is 0 Å². The molecule has 0 saturated carbocycles. The lowest BCUT2D eigenvalue weighted by Gasteiger charge is -2.14. The Morgan fingerprint density at radius 3 is 1.69 bits per heavy atom. The van der Waals surface area contributed by atoms with Gasteiger partial charge in [0.15, 0.2) is 5.82 Å². The van der Waals surface area contributed by atoms with Crippen molar-refractivity contribution in [3.8, 4) is 56.2 Å². The van der Waals surface area contributed by atoms with Crippen molar-refractivity contribution in [2.75, 3.05) is 0 Å². The molecule has 7 aromatic carbocycles. The maximum atomic E-state index is 5.10. The number of rotatable bonds is 5. The van der Waals surface area contributed by atoms with Gasteiger partial charge < -0.3 is 0 Å². The summed E-state index contributed by atoms with van der Waals surface area (Å²) < 4.78 is 0. The second kappa shape index (κ2) is 11.7. The van der Waals surface area contributed by atoms with Crippen LogP contribution in [0.3, 0.4) is 0 Å². The van der Waals surface area contributed by atoms with Crippen molar-refractivity contribution in [2.24, 2.45) is 0 Å². The zero-order valence-corrected chi connectivity index (χ0v) is 26.1. The molecule has 0 radical (unpaired) electrons. The van der Waals surface area contributed by atoms with E-state index in [4.69, 9.17) is 9.97 Å². The summed E-state index contributed by atoms with van der Waals surface area (Å²) in [5, 5.41) is 7.62. The van der Waals surface area contributed by atoms with E-state index >= 15 is 0 Å². The number of pyridine rings is 1. The van der Waals surface area contributed by atoms with Crippen molar-refractivity contribution in [1.82, 2.24) is 15.0 Å². The quantitative estimate of drug-likeness (QED) is 0.182. The van der Waals surface area contributed by atoms with Crippen LogP contribution >= 0.6 is 0 Å². The van der Waals surface area contributed by atoms with E-state index in [9.17, 15) is 0 Å². The Kier molecular flexibility index (Phi) is 6.80. The molecule has 0 amide bonds. The molecular formula is C45H29N3. The zero-order valence-electron chi connectivity index (χ0n) is 26.1. The van der Waals surface area contributed by atoms with Gasteiger partial charge in [0.05, 0.1) is 11.4 Å². The van der Waals surface area contributed by atoms with E-state index in [2.05, 4.69) is 145 Å². The summed E-state index contributed by atoms with van der Waals surface area (Å²) in [6.45, 7) is 0. The van der Waals surface area contributed by atoms with Gasteiger partial charge in [-0.25, -0.2) is 9.97 Å². The molecule has 224 valence electrons. The van der Waals surface area contributed by atoms with Gasteiger partial charge in [-0.1, -0.05) is 146 Å². The van der Waals surface area contributed by atoms with Crippen LogP contribution in [0.1, 0.15) is 0 Å². The van der Waals surface area contributed by atoms with Gasteiger partial charge >= 0.3 is 0 Å². The summed E-state index contributed by atoms with van der Waals surface area (Å²) in [7, 11) is 0. The van der Waals surface area contributed by atoms with Crippen LogP contribution in [0.15, 0.2) is 176 Å². The average molecular weight is 612 g/mol. The Morgan fingerprint density at radius 2 is 0.938 bits per heavy atom. The molecule has 3 nitrogen and oxygen atoms in total. The number of aromatic nitrogens is 3. The third kappa shape index (κ3) is 4.99. The Bertz CT molecular complexity index is 2580. The van der Waals surface area contributed by atoms with Gasteiger partial charge in [-0.2, -0.15) is 0 Å². The van der Waals surface area contributed by atoms with Crippen LogP contribution in [-0.2, 0) is 0 Å². The molecule has 0 saturated heterocycles. The van der Waals surface area contributed by atoms with Gasteiger partial charge in [-0.3, -0.25) is 4.98 Å². The van der Waals surface area contributed by atoms with Crippen molar-refractivity contribution in [1.29, 1.82) is 0 Å². The number of nitrogens with zero attached hydrogens (tertiary/aromatic N) is 3. The van der Waals surface area contributed by atoms with E-state index in [0.717, 1.165) is 39.2 Å². The minimum atomic E-state index is 0.695. The first kappa shape index (κ1) is 27.8. The molecule has 0 aliphatic heterocycles. The average Bonchev–Trinajstić information content (AvgIpc) is 3.18. The van der Waals surface area contributed by atoms with Gasteiger partial charge in [0.1, 0.15) is 0 Å². The minimum Gasteiger partial charge on any atom is -0.264 e. The number of fused-ring (bicyclic) bond motifs is 5. The molecule has 0 spiro atoms. The van der Waals surface area contributed by atoms with E-state index < -0.39 is 0 Å². The van der Waals surface area contributed by atoms with Gasteiger partial charge in [0, 0.05) is 29.1 Å². The van der Waals surface area contributed by atoms with Crippen LogP contribution in [-0.4, -0.2) is 15.0 Å². The molecule has 9 rings (SSSR count). The SMILES string of the molecule is c1ccc(-c2cc(-c3ccc(-c4cc5ccc6ccccc6c5c5ccccc45)cc3)nc(-c3ccc(-c4cccnc4)cc3)n2)cc1. The van der Waals surface area contributed by atoms with E-state index in [1.807, 2.05) is 30.5 Å². The zero-order chi connectivity index (χ0) is 31.9. The Morgan fingerprint density at radius 1 is 0.354 bits per heavy atom. The molecule has 2 heterocycles. The summed E-state index contributed by atoms with van der Waals surface area (Å²) in [4.78, 5) is 14.4. The predicted molar refractivity (Wildman–Crippen MR) is 200 cm³/mol. The Hall–Kier alpha value is -6.45. The minimum absolute atomic E-state index is 0.695. The fraction of sp³-hybridized carbons (Fsp3) is 0. The Labute approximate surface area is 278 Å². The maximum absolute atomic E-state index is 5.10. The fourth-order valence-corrected chi connectivity index (χ4v) is 6.76. The summed E-state index contributed by atoms with van der Waals surface area (Å²) in [6.07, 6.45) is 3.67. The first-order chi connectivity index (χ1) is 23.8.